The highest BCUT2D eigenvalue weighted by Gasteiger charge is 2.31. The van der Waals surface area contributed by atoms with Crippen molar-refractivity contribution in [2.45, 2.75) is 39.0 Å². The van der Waals surface area contributed by atoms with Gasteiger partial charge in [-0.2, -0.15) is 13.2 Å². The van der Waals surface area contributed by atoms with E-state index in [0.717, 1.165) is 6.33 Å². The van der Waals surface area contributed by atoms with Gasteiger partial charge in [0.25, 0.3) is 0 Å². The second-order valence-corrected chi connectivity index (χ2v) is 6.81. The number of nitrogens with zero attached hydrogens (tertiary/aromatic N) is 3. The molecule has 134 valence electrons. The Bertz CT molecular complexity index is 581. The summed E-state index contributed by atoms with van der Waals surface area (Å²) in [6.45, 7) is 7.02. The number of alkyl halides is 3. The molecule has 0 aliphatic carbocycles. The third-order valence-corrected chi connectivity index (χ3v) is 3.31. The number of aromatic nitrogens is 2. The summed E-state index contributed by atoms with van der Waals surface area (Å²) in [5.41, 5.74) is -0.603. The summed E-state index contributed by atoms with van der Waals surface area (Å²) in [7, 11) is 0. The van der Waals surface area contributed by atoms with Crippen molar-refractivity contribution in [1.29, 1.82) is 0 Å². The normalized spacial score (nSPS) is 15.8. The van der Waals surface area contributed by atoms with Crippen LogP contribution in [0, 0.1) is 5.92 Å². The van der Waals surface area contributed by atoms with Crippen LogP contribution >= 0.6 is 0 Å². The SMILES string of the molecule is CC(C)(C)OC(=O)NCC1CN(c2cc(CC(F)(F)F)ncn2)C1. The molecule has 1 aromatic heterocycles. The zero-order valence-corrected chi connectivity index (χ0v) is 13.9. The molecular formula is C15H21F3N4O2. The van der Waals surface area contributed by atoms with Crippen molar-refractivity contribution >= 4 is 11.9 Å². The van der Waals surface area contributed by atoms with Gasteiger partial charge < -0.3 is 15.0 Å². The lowest BCUT2D eigenvalue weighted by atomic mass is 10.0. The Balaban J connectivity index is 1.78. The maximum atomic E-state index is 12.4. The van der Waals surface area contributed by atoms with Gasteiger partial charge in [0.1, 0.15) is 17.7 Å². The van der Waals surface area contributed by atoms with Crippen molar-refractivity contribution in [3.63, 3.8) is 0 Å². The van der Waals surface area contributed by atoms with Crippen LogP contribution in [-0.2, 0) is 11.2 Å². The fourth-order valence-electron chi connectivity index (χ4n) is 2.29. The quantitative estimate of drug-likeness (QED) is 0.907. The van der Waals surface area contributed by atoms with Crippen molar-refractivity contribution in [1.82, 2.24) is 15.3 Å². The van der Waals surface area contributed by atoms with Crippen LogP contribution in [0.2, 0.25) is 0 Å². The Kier molecular flexibility index (Phi) is 5.19. The van der Waals surface area contributed by atoms with Crippen molar-refractivity contribution in [3.8, 4) is 0 Å². The maximum Gasteiger partial charge on any atom is 0.407 e. The van der Waals surface area contributed by atoms with Crippen LogP contribution in [0.1, 0.15) is 26.5 Å². The topological polar surface area (TPSA) is 67.3 Å². The summed E-state index contributed by atoms with van der Waals surface area (Å²) in [5.74, 6) is 0.677. The highest BCUT2D eigenvalue weighted by molar-refractivity contribution is 5.67. The third-order valence-electron chi connectivity index (χ3n) is 3.31. The Hall–Kier alpha value is -2.06. The summed E-state index contributed by atoms with van der Waals surface area (Å²) in [6.07, 6.45) is -4.70. The van der Waals surface area contributed by atoms with Gasteiger partial charge in [-0.05, 0) is 20.8 Å². The first-order chi connectivity index (χ1) is 11.0. The minimum absolute atomic E-state index is 0.0529. The summed E-state index contributed by atoms with van der Waals surface area (Å²) in [5, 5.41) is 2.69. The van der Waals surface area contributed by atoms with E-state index in [1.807, 2.05) is 4.90 Å². The van der Waals surface area contributed by atoms with Crippen LogP contribution in [0.4, 0.5) is 23.8 Å². The third kappa shape index (κ3) is 5.86. The average Bonchev–Trinajstić information content (AvgIpc) is 2.32. The van der Waals surface area contributed by atoms with Crippen LogP contribution in [0.5, 0.6) is 0 Å². The van der Waals surface area contributed by atoms with Crippen molar-refractivity contribution < 1.29 is 22.7 Å². The minimum atomic E-state index is -4.29. The smallest absolute Gasteiger partial charge is 0.407 e. The number of amides is 1. The molecule has 24 heavy (non-hydrogen) atoms. The lowest BCUT2D eigenvalue weighted by molar-refractivity contribution is -0.127. The molecule has 0 unspecified atom stereocenters. The number of halogens is 3. The van der Waals surface area contributed by atoms with Crippen LogP contribution in [0.3, 0.4) is 0 Å². The van der Waals surface area contributed by atoms with Gasteiger partial charge in [-0.1, -0.05) is 0 Å². The summed E-state index contributed by atoms with van der Waals surface area (Å²) < 4.78 is 42.3. The van der Waals surface area contributed by atoms with Gasteiger partial charge in [0.2, 0.25) is 0 Å². The van der Waals surface area contributed by atoms with Crippen molar-refractivity contribution in [2.75, 3.05) is 24.5 Å². The van der Waals surface area contributed by atoms with E-state index in [1.165, 1.54) is 6.07 Å². The van der Waals surface area contributed by atoms with Gasteiger partial charge in [-0.25, -0.2) is 14.8 Å². The summed E-state index contributed by atoms with van der Waals surface area (Å²) in [6, 6.07) is 1.35. The Morgan fingerprint density at radius 2 is 2.00 bits per heavy atom. The highest BCUT2D eigenvalue weighted by Crippen LogP contribution is 2.25. The molecule has 1 aliphatic rings. The molecule has 2 rings (SSSR count). The largest absolute Gasteiger partial charge is 0.444 e. The number of anilines is 1. The van der Waals surface area contributed by atoms with E-state index in [1.54, 1.807) is 20.8 Å². The van der Waals surface area contributed by atoms with E-state index in [2.05, 4.69) is 15.3 Å². The standard InChI is InChI=1S/C15H21F3N4O2/c1-14(2,3)24-13(23)19-6-10-7-22(8-10)12-4-11(20-9-21-12)5-15(16,17)18/h4,9-10H,5-8H2,1-3H3,(H,19,23). The maximum absolute atomic E-state index is 12.4. The molecular weight excluding hydrogens is 325 g/mol. The van der Waals surface area contributed by atoms with E-state index in [0.29, 0.717) is 25.5 Å². The average molecular weight is 346 g/mol. The molecule has 0 saturated carbocycles. The van der Waals surface area contributed by atoms with Gasteiger partial charge in [-0.15, -0.1) is 0 Å². The van der Waals surface area contributed by atoms with Gasteiger partial charge >= 0.3 is 12.3 Å². The van der Waals surface area contributed by atoms with Crippen molar-refractivity contribution in [3.05, 3.63) is 18.1 Å². The number of ether oxygens (including phenoxy) is 1. The van der Waals surface area contributed by atoms with E-state index in [4.69, 9.17) is 4.74 Å². The predicted octanol–water partition coefficient (Wildman–Crippen LogP) is 2.54. The number of hydrogen-bond acceptors (Lipinski definition) is 5. The fourth-order valence-corrected chi connectivity index (χ4v) is 2.29. The monoisotopic (exact) mass is 346 g/mol. The number of hydrogen-bond donors (Lipinski definition) is 1. The molecule has 1 N–H and O–H groups in total. The van der Waals surface area contributed by atoms with E-state index >= 15 is 0 Å². The molecule has 0 spiro atoms. The van der Waals surface area contributed by atoms with E-state index < -0.39 is 24.3 Å². The molecule has 0 bridgehead atoms. The molecule has 1 amide bonds. The van der Waals surface area contributed by atoms with Crippen LogP contribution in [-0.4, -0.2) is 47.5 Å². The zero-order chi connectivity index (χ0) is 18.0. The predicted molar refractivity (Wildman–Crippen MR) is 81.7 cm³/mol. The first-order valence-corrected chi connectivity index (χ1v) is 7.61. The molecule has 2 heterocycles. The van der Waals surface area contributed by atoms with E-state index in [-0.39, 0.29) is 11.6 Å². The highest BCUT2D eigenvalue weighted by atomic mass is 19.4. The summed E-state index contributed by atoms with van der Waals surface area (Å²) >= 11 is 0. The second-order valence-electron chi connectivity index (χ2n) is 6.81. The van der Waals surface area contributed by atoms with Crippen LogP contribution < -0.4 is 10.2 Å². The number of carbonyl (C=O) groups excluding carboxylic acids is 1. The van der Waals surface area contributed by atoms with Crippen LogP contribution in [0.25, 0.3) is 0 Å². The van der Waals surface area contributed by atoms with Crippen LogP contribution in [0.15, 0.2) is 12.4 Å². The first kappa shape index (κ1) is 18.3. The number of alkyl carbamates (subject to hydrolysis) is 1. The molecule has 1 fully saturated rings. The Morgan fingerprint density at radius 3 is 2.58 bits per heavy atom. The van der Waals surface area contributed by atoms with Gasteiger partial charge in [0.05, 0.1) is 12.1 Å². The fraction of sp³-hybridized carbons (Fsp3) is 0.667. The zero-order valence-electron chi connectivity index (χ0n) is 13.9. The van der Waals surface area contributed by atoms with E-state index in [9.17, 15) is 18.0 Å². The van der Waals surface area contributed by atoms with Gasteiger partial charge in [0.15, 0.2) is 0 Å². The molecule has 6 nitrogen and oxygen atoms in total. The molecule has 0 aromatic carbocycles. The van der Waals surface area contributed by atoms with Gasteiger partial charge in [-0.3, -0.25) is 0 Å². The second kappa shape index (κ2) is 6.82. The minimum Gasteiger partial charge on any atom is -0.444 e. The number of nitrogens with one attached hydrogen (secondary N) is 1. The summed E-state index contributed by atoms with van der Waals surface area (Å²) in [4.78, 5) is 21.1. The molecule has 0 atom stereocenters. The lowest BCUT2D eigenvalue weighted by Crippen LogP contribution is -2.52. The lowest BCUT2D eigenvalue weighted by Gasteiger charge is -2.40. The number of carbonyl (C=O) groups is 1. The molecule has 1 aromatic rings. The molecule has 9 heteroatoms. The van der Waals surface area contributed by atoms with Gasteiger partial charge in [0, 0.05) is 31.6 Å². The molecule has 1 aliphatic heterocycles. The Labute approximate surface area is 138 Å². The molecule has 1 saturated heterocycles. The first-order valence-electron chi connectivity index (χ1n) is 7.61. The number of rotatable bonds is 4. The molecule has 0 radical (unpaired) electrons. The van der Waals surface area contributed by atoms with Crippen molar-refractivity contribution in [2.24, 2.45) is 5.92 Å². The Morgan fingerprint density at radius 1 is 1.33 bits per heavy atom.